The Balaban J connectivity index is 2.36. The molecule has 0 radical (unpaired) electrons. The Morgan fingerprint density at radius 1 is 1.19 bits per heavy atom. The third kappa shape index (κ3) is 5.02. The summed E-state index contributed by atoms with van der Waals surface area (Å²) < 4.78 is 0. The van der Waals surface area contributed by atoms with Gasteiger partial charge in [0.2, 0.25) is 11.8 Å². The van der Waals surface area contributed by atoms with Gasteiger partial charge in [0.15, 0.2) is 0 Å². The molecular weight excluding hydrogens is 272 g/mol. The maximum absolute atomic E-state index is 12.3. The minimum atomic E-state index is -1.05. The molecule has 2 amide bonds. The van der Waals surface area contributed by atoms with Crippen LogP contribution in [0.25, 0.3) is 0 Å². The van der Waals surface area contributed by atoms with E-state index >= 15 is 0 Å². The van der Waals surface area contributed by atoms with Crippen LogP contribution < -0.4 is 5.32 Å². The summed E-state index contributed by atoms with van der Waals surface area (Å²) >= 11 is 0. The molecule has 1 saturated heterocycles. The number of carboxylic acids is 1. The average molecular weight is 298 g/mol. The number of rotatable bonds is 7. The number of hydrogen-bond donors (Lipinski definition) is 2. The number of carbonyl (C=O) groups excluding carboxylic acids is 2. The normalized spacial score (nSPS) is 21.9. The highest BCUT2D eigenvalue weighted by molar-refractivity contribution is 5.87. The first-order chi connectivity index (χ1) is 9.88. The number of carbonyl (C=O) groups is 3. The van der Waals surface area contributed by atoms with Gasteiger partial charge >= 0.3 is 5.97 Å². The molecule has 0 spiro atoms. The molecule has 1 aliphatic heterocycles. The number of amides is 2. The van der Waals surface area contributed by atoms with Crippen LogP contribution in [-0.4, -0.2) is 46.4 Å². The van der Waals surface area contributed by atoms with Crippen molar-refractivity contribution in [2.75, 3.05) is 13.1 Å². The van der Waals surface area contributed by atoms with Gasteiger partial charge in [-0.1, -0.05) is 6.42 Å². The predicted molar refractivity (Wildman–Crippen MR) is 78.8 cm³/mol. The van der Waals surface area contributed by atoms with Gasteiger partial charge in [0.05, 0.1) is 0 Å². The summed E-state index contributed by atoms with van der Waals surface area (Å²) in [6, 6.07) is 0. The summed E-state index contributed by atoms with van der Waals surface area (Å²) in [5.41, 5.74) is -1.05. The van der Waals surface area contributed by atoms with Crippen LogP contribution in [0.2, 0.25) is 0 Å². The topological polar surface area (TPSA) is 86.7 Å². The van der Waals surface area contributed by atoms with E-state index in [0.29, 0.717) is 25.9 Å². The number of nitrogens with zero attached hydrogens (tertiary/aromatic N) is 1. The third-order valence-electron chi connectivity index (χ3n) is 4.09. The second kappa shape index (κ2) is 8.00. The second-order valence-electron chi connectivity index (χ2n) is 5.88. The lowest BCUT2D eigenvalue weighted by Crippen LogP contribution is -2.57. The highest BCUT2D eigenvalue weighted by Crippen LogP contribution is 2.29. The largest absolute Gasteiger partial charge is 0.480 e. The Morgan fingerprint density at radius 2 is 1.90 bits per heavy atom. The van der Waals surface area contributed by atoms with Crippen LogP contribution in [0.3, 0.4) is 0 Å². The molecule has 6 nitrogen and oxygen atoms in total. The zero-order chi connectivity index (χ0) is 15.9. The van der Waals surface area contributed by atoms with E-state index in [0.717, 1.165) is 32.1 Å². The lowest BCUT2D eigenvalue weighted by atomic mass is 9.88. The molecule has 120 valence electrons. The number of piperidine rings is 1. The van der Waals surface area contributed by atoms with Crippen LogP contribution in [-0.2, 0) is 14.4 Å². The van der Waals surface area contributed by atoms with Crippen molar-refractivity contribution in [3.8, 4) is 0 Å². The maximum Gasteiger partial charge on any atom is 0.329 e. The quantitative estimate of drug-likeness (QED) is 0.698. The van der Waals surface area contributed by atoms with Gasteiger partial charge in [-0.05, 0) is 39.0 Å². The number of carboxylic acid groups (broad SMARTS) is 1. The van der Waals surface area contributed by atoms with Crippen LogP contribution in [0.5, 0.6) is 0 Å². The number of likely N-dealkylation sites (tertiary alicyclic amines) is 1. The molecule has 1 heterocycles. The lowest BCUT2D eigenvalue weighted by molar-refractivity contribution is -0.161. The molecule has 1 atom stereocenters. The van der Waals surface area contributed by atoms with Gasteiger partial charge in [-0.3, -0.25) is 9.59 Å². The predicted octanol–water partition coefficient (Wildman–Crippen LogP) is 1.54. The first-order valence-electron chi connectivity index (χ1n) is 7.66. The van der Waals surface area contributed by atoms with Crippen molar-refractivity contribution >= 4 is 17.8 Å². The van der Waals surface area contributed by atoms with Crippen molar-refractivity contribution in [2.24, 2.45) is 0 Å². The fourth-order valence-electron chi connectivity index (χ4n) is 2.72. The first kappa shape index (κ1) is 17.5. The Kier molecular flexibility index (Phi) is 6.65. The van der Waals surface area contributed by atoms with Gasteiger partial charge in [-0.2, -0.15) is 0 Å². The second-order valence-corrected chi connectivity index (χ2v) is 5.88. The molecule has 0 aliphatic carbocycles. The SMILES string of the molecule is CC(=O)NCCCCCC(=O)N1CCCCC1(C)C(=O)O. The van der Waals surface area contributed by atoms with Gasteiger partial charge in [0.25, 0.3) is 0 Å². The molecule has 0 aromatic heterocycles. The summed E-state index contributed by atoms with van der Waals surface area (Å²) in [5, 5.41) is 12.1. The molecule has 6 heteroatoms. The zero-order valence-electron chi connectivity index (χ0n) is 13.0. The van der Waals surface area contributed by atoms with E-state index in [9.17, 15) is 19.5 Å². The molecule has 21 heavy (non-hydrogen) atoms. The van der Waals surface area contributed by atoms with Crippen molar-refractivity contribution < 1.29 is 19.5 Å². The molecule has 1 rings (SSSR count). The van der Waals surface area contributed by atoms with Crippen LogP contribution in [0, 0.1) is 0 Å². The van der Waals surface area contributed by atoms with Crippen molar-refractivity contribution in [2.45, 2.75) is 64.3 Å². The fourth-order valence-corrected chi connectivity index (χ4v) is 2.72. The average Bonchev–Trinajstić information content (AvgIpc) is 2.42. The first-order valence-corrected chi connectivity index (χ1v) is 7.66. The Labute approximate surface area is 125 Å². The molecule has 0 saturated carbocycles. The van der Waals surface area contributed by atoms with Crippen molar-refractivity contribution in [1.29, 1.82) is 0 Å². The van der Waals surface area contributed by atoms with Gasteiger partial charge < -0.3 is 15.3 Å². The highest BCUT2D eigenvalue weighted by Gasteiger charge is 2.43. The van der Waals surface area contributed by atoms with Crippen molar-refractivity contribution in [3.63, 3.8) is 0 Å². The summed E-state index contributed by atoms with van der Waals surface area (Å²) in [6.45, 7) is 4.28. The molecule has 0 aromatic rings. The van der Waals surface area contributed by atoms with Crippen LogP contribution in [0.4, 0.5) is 0 Å². The molecule has 0 bridgehead atoms. The van der Waals surface area contributed by atoms with Gasteiger partial charge in [-0.15, -0.1) is 0 Å². The van der Waals surface area contributed by atoms with Crippen molar-refractivity contribution in [1.82, 2.24) is 10.2 Å². The molecule has 2 N–H and O–H groups in total. The van der Waals surface area contributed by atoms with Gasteiger partial charge in [0.1, 0.15) is 5.54 Å². The smallest absolute Gasteiger partial charge is 0.329 e. The van der Waals surface area contributed by atoms with E-state index in [1.807, 2.05) is 0 Å². The zero-order valence-corrected chi connectivity index (χ0v) is 13.0. The van der Waals surface area contributed by atoms with E-state index in [-0.39, 0.29) is 11.8 Å². The van der Waals surface area contributed by atoms with Gasteiger partial charge in [0, 0.05) is 26.4 Å². The summed E-state index contributed by atoms with van der Waals surface area (Å²) in [4.78, 5) is 35.9. The number of hydrogen-bond acceptors (Lipinski definition) is 3. The summed E-state index contributed by atoms with van der Waals surface area (Å²) in [7, 11) is 0. The fraction of sp³-hybridized carbons (Fsp3) is 0.800. The molecule has 0 aromatic carbocycles. The number of aliphatic carboxylic acids is 1. The van der Waals surface area contributed by atoms with E-state index < -0.39 is 11.5 Å². The van der Waals surface area contributed by atoms with E-state index in [1.54, 1.807) is 6.92 Å². The summed E-state index contributed by atoms with van der Waals surface area (Å²) in [6.07, 6.45) is 5.04. The third-order valence-corrected chi connectivity index (χ3v) is 4.09. The lowest BCUT2D eigenvalue weighted by Gasteiger charge is -2.41. The van der Waals surface area contributed by atoms with E-state index in [1.165, 1.54) is 11.8 Å². The Bertz CT molecular complexity index is 397. The van der Waals surface area contributed by atoms with Gasteiger partial charge in [-0.25, -0.2) is 4.79 Å². The summed E-state index contributed by atoms with van der Waals surface area (Å²) in [5.74, 6) is -1.03. The van der Waals surface area contributed by atoms with E-state index in [2.05, 4.69) is 5.32 Å². The molecular formula is C15H26N2O4. The molecule has 1 aliphatic rings. The maximum atomic E-state index is 12.3. The minimum absolute atomic E-state index is 0.0448. The van der Waals surface area contributed by atoms with Crippen molar-refractivity contribution in [3.05, 3.63) is 0 Å². The Morgan fingerprint density at radius 3 is 2.52 bits per heavy atom. The number of unbranched alkanes of at least 4 members (excludes halogenated alkanes) is 2. The monoisotopic (exact) mass is 298 g/mol. The van der Waals surface area contributed by atoms with Crippen LogP contribution >= 0.6 is 0 Å². The number of nitrogens with one attached hydrogen (secondary N) is 1. The van der Waals surface area contributed by atoms with E-state index in [4.69, 9.17) is 0 Å². The standard InChI is InChI=1S/C15H26N2O4/c1-12(18)16-10-6-3-4-8-13(19)17-11-7-5-9-15(17,2)14(20)21/h3-11H2,1-2H3,(H,16,18)(H,20,21). The highest BCUT2D eigenvalue weighted by atomic mass is 16.4. The molecule has 1 unspecified atom stereocenters. The van der Waals surface area contributed by atoms with Crippen LogP contribution in [0.1, 0.15) is 58.8 Å². The Hall–Kier alpha value is -1.59. The minimum Gasteiger partial charge on any atom is -0.480 e. The van der Waals surface area contributed by atoms with Crippen LogP contribution in [0.15, 0.2) is 0 Å². The molecule has 1 fully saturated rings.